The molecular weight excluding hydrogens is 174 g/mol. The van der Waals surface area contributed by atoms with Crippen LogP contribution in [0, 0.1) is 0 Å². The molecule has 0 N–H and O–H groups in total. The second-order valence-electron chi connectivity index (χ2n) is 1.97. The maximum Gasteiger partial charge on any atom is 0.441 e. The molecule has 1 heterocycles. The minimum atomic E-state index is -1.13. The highest BCUT2D eigenvalue weighted by Crippen LogP contribution is 2.13. The minimum Gasteiger partial charge on any atom is -0.329 e. The van der Waals surface area contributed by atoms with Crippen molar-refractivity contribution in [1.82, 2.24) is 4.90 Å². The molecule has 0 saturated carbocycles. The van der Waals surface area contributed by atoms with Crippen molar-refractivity contribution in [3.63, 3.8) is 0 Å². The van der Waals surface area contributed by atoms with E-state index in [1.807, 2.05) is 0 Å². The maximum atomic E-state index is 10.7. The predicted octanol–water partition coefficient (Wildman–Crippen LogP) is 0.426. The van der Waals surface area contributed by atoms with Gasteiger partial charge in [0.25, 0.3) is 0 Å². The zero-order chi connectivity index (χ0) is 8.43. The molecule has 0 aromatic rings. The smallest absolute Gasteiger partial charge is 0.329 e. The molecular formula is C5H4ClNO4. The van der Waals surface area contributed by atoms with Gasteiger partial charge in [0.1, 0.15) is 11.9 Å². The Balaban J connectivity index is 2.76. The van der Waals surface area contributed by atoms with Gasteiger partial charge in [-0.05, 0) is 0 Å². The topological polar surface area (TPSA) is 63.7 Å². The Morgan fingerprint density at radius 2 is 1.82 bits per heavy atom. The van der Waals surface area contributed by atoms with Crippen LogP contribution in [-0.4, -0.2) is 22.8 Å². The lowest BCUT2D eigenvalue weighted by Crippen LogP contribution is -2.34. The van der Waals surface area contributed by atoms with Gasteiger partial charge in [-0.2, -0.15) is 4.90 Å². The summed E-state index contributed by atoms with van der Waals surface area (Å²) in [5.74, 6) is -1.14. The molecule has 0 atom stereocenters. The van der Waals surface area contributed by atoms with Crippen molar-refractivity contribution >= 4 is 29.8 Å². The molecule has 1 aliphatic rings. The van der Waals surface area contributed by atoms with E-state index in [2.05, 4.69) is 16.2 Å². The van der Waals surface area contributed by atoms with Gasteiger partial charge in [-0.25, -0.2) is 4.79 Å². The Bertz CT molecular complexity index is 211. The van der Waals surface area contributed by atoms with Gasteiger partial charge in [0.15, 0.2) is 0 Å². The predicted molar refractivity (Wildman–Crippen MR) is 33.4 cm³/mol. The number of carbonyl (C=O) groups excluding carboxylic acids is 3. The Morgan fingerprint density at radius 3 is 2.18 bits per heavy atom. The summed E-state index contributed by atoms with van der Waals surface area (Å²) in [4.78, 5) is 32.4. The van der Waals surface area contributed by atoms with Crippen molar-refractivity contribution in [2.75, 3.05) is 0 Å². The molecule has 6 heteroatoms. The number of hydrogen-bond acceptors (Lipinski definition) is 4. The molecule has 11 heavy (non-hydrogen) atoms. The largest absolute Gasteiger partial charge is 0.441 e. The molecule has 5 nitrogen and oxygen atoms in total. The van der Waals surface area contributed by atoms with Crippen LogP contribution in [0.25, 0.3) is 0 Å². The highest BCUT2D eigenvalue weighted by molar-refractivity contribution is 6.19. The summed E-state index contributed by atoms with van der Waals surface area (Å²) in [5, 5.41) is 0. The van der Waals surface area contributed by atoms with Gasteiger partial charge in [0.2, 0.25) is 11.8 Å². The number of rotatable bonds is 0. The number of carbonyl (C=O) groups is 3. The van der Waals surface area contributed by atoms with E-state index in [0.717, 1.165) is 0 Å². The van der Waals surface area contributed by atoms with E-state index in [0.29, 0.717) is 4.90 Å². The molecule has 0 aromatic heterocycles. The van der Waals surface area contributed by atoms with Crippen LogP contribution in [0.5, 0.6) is 0 Å². The molecule has 1 rings (SSSR count). The van der Waals surface area contributed by atoms with E-state index >= 15 is 0 Å². The summed E-state index contributed by atoms with van der Waals surface area (Å²) in [5.41, 5.74) is 0. The number of nitrogens with zero attached hydrogens (tertiary/aromatic N) is 1. The molecule has 3 amide bonds. The summed E-state index contributed by atoms with van der Waals surface area (Å²) in [6.07, 6.45) is -1.03. The number of imide groups is 3. The van der Waals surface area contributed by atoms with E-state index in [4.69, 9.17) is 0 Å². The average molecular weight is 178 g/mol. The Hall–Kier alpha value is -1.10. The fraction of sp³-hybridized carbons (Fsp3) is 0.400. The maximum absolute atomic E-state index is 10.7. The standard InChI is InChI=1S/C5H4ClNO4/c6-11-5(10)7-3(8)1-2-4(7)9/h1-2H2. The van der Waals surface area contributed by atoms with Crippen molar-refractivity contribution in [2.45, 2.75) is 12.8 Å². The Labute approximate surface area is 67.0 Å². The summed E-state index contributed by atoms with van der Waals surface area (Å²) in [6, 6.07) is 0. The second kappa shape index (κ2) is 2.87. The first-order valence-corrected chi connectivity index (χ1v) is 3.16. The summed E-state index contributed by atoms with van der Waals surface area (Å²) < 4.78 is 3.69. The number of hydrogen-bond donors (Lipinski definition) is 0. The summed E-state index contributed by atoms with van der Waals surface area (Å²) >= 11 is 4.67. The third kappa shape index (κ3) is 1.32. The molecule has 1 saturated heterocycles. The fourth-order valence-corrected chi connectivity index (χ4v) is 0.884. The lowest BCUT2D eigenvalue weighted by molar-refractivity contribution is -0.135. The van der Waals surface area contributed by atoms with Crippen LogP contribution in [0.3, 0.4) is 0 Å². The van der Waals surface area contributed by atoms with Crippen molar-refractivity contribution in [3.05, 3.63) is 0 Å². The third-order valence-corrected chi connectivity index (χ3v) is 1.43. The van der Waals surface area contributed by atoms with Crippen LogP contribution in [0.2, 0.25) is 0 Å². The van der Waals surface area contributed by atoms with Gasteiger partial charge >= 0.3 is 6.09 Å². The first kappa shape index (κ1) is 8.00. The lowest BCUT2D eigenvalue weighted by atomic mass is 10.4. The third-order valence-electron chi connectivity index (χ3n) is 1.30. The van der Waals surface area contributed by atoms with Gasteiger partial charge in [-0.3, -0.25) is 9.59 Å². The SMILES string of the molecule is O=C1CCC(=O)N1C(=O)OCl. The molecule has 0 unspecified atom stereocenters. The van der Waals surface area contributed by atoms with Gasteiger partial charge in [0, 0.05) is 12.8 Å². The van der Waals surface area contributed by atoms with Crippen LogP contribution < -0.4 is 0 Å². The van der Waals surface area contributed by atoms with Crippen molar-refractivity contribution < 1.29 is 18.7 Å². The highest BCUT2D eigenvalue weighted by atomic mass is 35.5. The van der Waals surface area contributed by atoms with Crippen LogP contribution in [0.4, 0.5) is 4.79 Å². The molecule has 0 spiro atoms. The normalized spacial score (nSPS) is 17.4. The second-order valence-corrected chi connectivity index (χ2v) is 2.12. The van der Waals surface area contributed by atoms with E-state index in [1.54, 1.807) is 0 Å². The van der Waals surface area contributed by atoms with Crippen LogP contribution in [0.15, 0.2) is 0 Å². The summed E-state index contributed by atoms with van der Waals surface area (Å²) in [7, 11) is 0. The van der Waals surface area contributed by atoms with E-state index in [-0.39, 0.29) is 12.8 Å². The average Bonchev–Trinajstić information content (AvgIpc) is 2.30. The van der Waals surface area contributed by atoms with Gasteiger partial charge < -0.3 is 4.29 Å². The zero-order valence-corrected chi connectivity index (χ0v) is 6.13. The van der Waals surface area contributed by atoms with E-state index in [9.17, 15) is 14.4 Å². The van der Waals surface area contributed by atoms with Crippen molar-refractivity contribution in [3.8, 4) is 0 Å². The van der Waals surface area contributed by atoms with E-state index in [1.165, 1.54) is 0 Å². The molecule has 0 bridgehead atoms. The molecule has 60 valence electrons. The van der Waals surface area contributed by atoms with Crippen LogP contribution >= 0.6 is 11.9 Å². The van der Waals surface area contributed by atoms with Gasteiger partial charge in [-0.15, -0.1) is 0 Å². The first-order chi connectivity index (χ1) is 5.16. The number of likely N-dealkylation sites (tertiary alicyclic amines) is 1. The molecule has 1 fully saturated rings. The van der Waals surface area contributed by atoms with Gasteiger partial charge in [0.05, 0.1) is 0 Å². The molecule has 1 aliphatic heterocycles. The van der Waals surface area contributed by atoms with E-state index < -0.39 is 17.9 Å². The number of halogens is 1. The Kier molecular flexibility index (Phi) is 2.09. The highest BCUT2D eigenvalue weighted by Gasteiger charge is 2.35. The zero-order valence-electron chi connectivity index (χ0n) is 5.37. The first-order valence-electron chi connectivity index (χ1n) is 2.85. The Morgan fingerprint density at radius 1 is 1.36 bits per heavy atom. The lowest BCUT2D eigenvalue weighted by Gasteiger charge is -2.06. The van der Waals surface area contributed by atoms with Crippen molar-refractivity contribution in [2.24, 2.45) is 0 Å². The van der Waals surface area contributed by atoms with Crippen LogP contribution in [-0.2, 0) is 13.9 Å². The quantitative estimate of drug-likeness (QED) is 0.503. The van der Waals surface area contributed by atoms with Crippen LogP contribution in [0.1, 0.15) is 12.8 Å². The monoisotopic (exact) mass is 177 g/mol. The van der Waals surface area contributed by atoms with Crippen molar-refractivity contribution in [1.29, 1.82) is 0 Å². The fourth-order valence-electron chi connectivity index (χ4n) is 0.815. The molecule has 0 aliphatic carbocycles. The van der Waals surface area contributed by atoms with Gasteiger partial charge in [-0.1, -0.05) is 0 Å². The molecule has 0 radical (unpaired) electrons. The number of amides is 3. The minimum absolute atomic E-state index is 0.0465. The molecule has 0 aromatic carbocycles. The summed E-state index contributed by atoms with van der Waals surface area (Å²) in [6.45, 7) is 0.